The molecular formula is C14H25N3O2S. The molecule has 114 valence electrons. The van der Waals surface area contributed by atoms with Gasteiger partial charge < -0.3 is 15.7 Å². The van der Waals surface area contributed by atoms with Gasteiger partial charge in [-0.25, -0.2) is 9.78 Å². The van der Waals surface area contributed by atoms with E-state index in [9.17, 15) is 9.90 Å². The van der Waals surface area contributed by atoms with Crippen LogP contribution in [0, 0.1) is 19.8 Å². The zero-order valence-corrected chi connectivity index (χ0v) is 13.5. The van der Waals surface area contributed by atoms with E-state index in [-0.39, 0.29) is 18.1 Å². The number of aliphatic hydroxyl groups is 1. The molecular weight excluding hydrogens is 274 g/mol. The van der Waals surface area contributed by atoms with E-state index in [4.69, 9.17) is 0 Å². The number of rotatable bonds is 7. The van der Waals surface area contributed by atoms with Gasteiger partial charge in [-0.1, -0.05) is 13.8 Å². The first-order valence-electron chi connectivity index (χ1n) is 7.02. The van der Waals surface area contributed by atoms with E-state index < -0.39 is 0 Å². The van der Waals surface area contributed by atoms with Crippen molar-refractivity contribution in [1.29, 1.82) is 0 Å². The number of hydrogen-bond acceptors (Lipinski definition) is 4. The molecule has 0 aliphatic rings. The maximum atomic E-state index is 11.5. The zero-order valence-electron chi connectivity index (χ0n) is 12.7. The first kappa shape index (κ1) is 16.9. The van der Waals surface area contributed by atoms with Crippen LogP contribution in [0.1, 0.15) is 35.8 Å². The maximum Gasteiger partial charge on any atom is 0.314 e. The minimum atomic E-state index is -0.364. The Hall–Kier alpha value is -1.14. The third-order valence-corrected chi connectivity index (χ3v) is 4.33. The first-order chi connectivity index (χ1) is 9.40. The Morgan fingerprint density at radius 2 is 1.95 bits per heavy atom. The first-order valence-corrected chi connectivity index (χ1v) is 7.84. The van der Waals surface area contributed by atoms with Crippen molar-refractivity contribution < 1.29 is 9.90 Å². The van der Waals surface area contributed by atoms with Gasteiger partial charge in [0.25, 0.3) is 0 Å². The van der Waals surface area contributed by atoms with Crippen molar-refractivity contribution in [3.63, 3.8) is 0 Å². The standard InChI is InChI=1S/C14H25N3O2S/c1-9(2)12(18)5-7-15-14(19)16-8-6-13-17-10(3)11(4)20-13/h9,12,18H,5-8H2,1-4H3,(H2,15,16,19). The lowest BCUT2D eigenvalue weighted by Crippen LogP contribution is -2.38. The van der Waals surface area contributed by atoms with E-state index in [1.54, 1.807) is 11.3 Å². The van der Waals surface area contributed by atoms with Crippen LogP contribution in [0.2, 0.25) is 0 Å². The third kappa shape index (κ3) is 5.88. The van der Waals surface area contributed by atoms with Crippen molar-refractivity contribution in [3.05, 3.63) is 15.6 Å². The molecule has 1 aromatic heterocycles. The molecule has 20 heavy (non-hydrogen) atoms. The second-order valence-electron chi connectivity index (χ2n) is 5.28. The predicted octanol–water partition coefficient (Wildman–Crippen LogP) is 2.01. The number of carbonyl (C=O) groups is 1. The predicted molar refractivity (Wildman–Crippen MR) is 82.2 cm³/mol. The fraction of sp³-hybridized carbons (Fsp3) is 0.714. The van der Waals surface area contributed by atoms with Crippen LogP contribution in [0.15, 0.2) is 0 Å². The van der Waals surface area contributed by atoms with Gasteiger partial charge in [0.15, 0.2) is 0 Å². The monoisotopic (exact) mass is 299 g/mol. The molecule has 0 radical (unpaired) electrons. The van der Waals surface area contributed by atoms with Crippen LogP contribution in [0.3, 0.4) is 0 Å². The summed E-state index contributed by atoms with van der Waals surface area (Å²) in [5.74, 6) is 0.219. The maximum absolute atomic E-state index is 11.5. The van der Waals surface area contributed by atoms with Crippen molar-refractivity contribution in [3.8, 4) is 0 Å². The molecule has 2 amide bonds. The van der Waals surface area contributed by atoms with Crippen LogP contribution in [-0.2, 0) is 6.42 Å². The average Bonchev–Trinajstić information content (AvgIpc) is 2.68. The highest BCUT2D eigenvalue weighted by molar-refractivity contribution is 7.11. The zero-order chi connectivity index (χ0) is 15.1. The molecule has 5 nitrogen and oxygen atoms in total. The highest BCUT2D eigenvalue weighted by Crippen LogP contribution is 2.16. The molecule has 0 aliphatic carbocycles. The summed E-state index contributed by atoms with van der Waals surface area (Å²) >= 11 is 1.68. The lowest BCUT2D eigenvalue weighted by molar-refractivity contribution is 0.116. The molecule has 1 atom stereocenters. The van der Waals surface area contributed by atoms with Crippen LogP contribution >= 0.6 is 11.3 Å². The van der Waals surface area contributed by atoms with Crippen LogP contribution in [0.4, 0.5) is 4.79 Å². The molecule has 0 fully saturated rings. The smallest absolute Gasteiger partial charge is 0.314 e. The number of hydrogen-bond donors (Lipinski definition) is 3. The van der Waals surface area contributed by atoms with Crippen molar-refractivity contribution in [2.75, 3.05) is 13.1 Å². The number of thiazole rings is 1. The minimum absolute atomic E-state index is 0.189. The Labute approximate surface area is 124 Å². The molecule has 0 saturated heterocycles. The number of aliphatic hydroxyl groups excluding tert-OH is 1. The molecule has 1 rings (SSSR count). The molecule has 0 aliphatic heterocycles. The Balaban J connectivity index is 2.14. The van der Waals surface area contributed by atoms with Gasteiger partial charge in [0.1, 0.15) is 0 Å². The fourth-order valence-corrected chi connectivity index (χ4v) is 2.59. The Bertz CT molecular complexity index is 413. The number of nitrogens with zero attached hydrogens (tertiary/aromatic N) is 1. The van der Waals surface area contributed by atoms with Gasteiger partial charge >= 0.3 is 6.03 Å². The van der Waals surface area contributed by atoms with Gasteiger partial charge in [0, 0.05) is 24.4 Å². The fourth-order valence-electron chi connectivity index (χ4n) is 1.66. The summed E-state index contributed by atoms with van der Waals surface area (Å²) in [5.41, 5.74) is 1.07. The summed E-state index contributed by atoms with van der Waals surface area (Å²) in [5, 5.41) is 16.2. The summed E-state index contributed by atoms with van der Waals surface area (Å²) in [4.78, 5) is 17.2. The second kappa shape index (κ2) is 8.21. The van der Waals surface area contributed by atoms with E-state index in [2.05, 4.69) is 22.5 Å². The highest BCUT2D eigenvalue weighted by atomic mass is 32.1. The van der Waals surface area contributed by atoms with Crippen molar-refractivity contribution in [1.82, 2.24) is 15.6 Å². The quantitative estimate of drug-likeness (QED) is 0.721. The van der Waals surface area contributed by atoms with E-state index in [1.807, 2.05) is 20.8 Å². The number of amides is 2. The summed E-state index contributed by atoms with van der Waals surface area (Å²) in [6, 6.07) is -0.189. The van der Waals surface area contributed by atoms with Gasteiger partial charge in [0.05, 0.1) is 16.8 Å². The van der Waals surface area contributed by atoms with E-state index in [0.29, 0.717) is 19.5 Å². The molecule has 3 N–H and O–H groups in total. The van der Waals surface area contributed by atoms with Gasteiger partial charge in [-0.05, 0) is 26.2 Å². The van der Waals surface area contributed by atoms with Crippen LogP contribution in [0.5, 0.6) is 0 Å². The molecule has 1 heterocycles. The van der Waals surface area contributed by atoms with E-state index in [0.717, 1.165) is 17.1 Å². The summed E-state index contributed by atoms with van der Waals surface area (Å²) in [6.07, 6.45) is 0.966. The molecule has 0 saturated carbocycles. The lowest BCUT2D eigenvalue weighted by atomic mass is 10.0. The van der Waals surface area contributed by atoms with Crippen LogP contribution in [-0.4, -0.2) is 35.3 Å². The summed E-state index contributed by atoms with van der Waals surface area (Å²) in [6.45, 7) is 9.03. The molecule has 1 unspecified atom stereocenters. The number of nitrogens with one attached hydrogen (secondary N) is 2. The number of carbonyl (C=O) groups excluding carboxylic acids is 1. The van der Waals surface area contributed by atoms with Gasteiger partial charge in [-0.15, -0.1) is 11.3 Å². The Kier molecular flexibility index (Phi) is 6.95. The normalized spacial score (nSPS) is 12.5. The molecule has 0 spiro atoms. The van der Waals surface area contributed by atoms with Crippen LogP contribution in [0.25, 0.3) is 0 Å². The van der Waals surface area contributed by atoms with Crippen molar-refractivity contribution >= 4 is 17.4 Å². The van der Waals surface area contributed by atoms with Crippen molar-refractivity contribution in [2.24, 2.45) is 5.92 Å². The molecule has 0 bridgehead atoms. The summed E-state index contributed by atoms with van der Waals surface area (Å²) in [7, 11) is 0. The SMILES string of the molecule is Cc1nc(CCNC(=O)NCCC(O)C(C)C)sc1C. The Morgan fingerprint density at radius 3 is 2.50 bits per heavy atom. The Morgan fingerprint density at radius 1 is 1.30 bits per heavy atom. The molecule has 1 aromatic rings. The lowest BCUT2D eigenvalue weighted by Gasteiger charge is -2.14. The summed E-state index contributed by atoms with van der Waals surface area (Å²) < 4.78 is 0. The van der Waals surface area contributed by atoms with Gasteiger partial charge in [-0.2, -0.15) is 0 Å². The molecule has 6 heteroatoms. The number of aryl methyl sites for hydroxylation is 2. The third-order valence-electron chi connectivity index (χ3n) is 3.19. The number of aromatic nitrogens is 1. The largest absolute Gasteiger partial charge is 0.393 e. The van der Waals surface area contributed by atoms with Crippen LogP contribution < -0.4 is 10.6 Å². The highest BCUT2D eigenvalue weighted by Gasteiger charge is 2.09. The molecule has 0 aromatic carbocycles. The van der Waals surface area contributed by atoms with E-state index >= 15 is 0 Å². The minimum Gasteiger partial charge on any atom is -0.393 e. The second-order valence-corrected chi connectivity index (χ2v) is 6.57. The van der Waals surface area contributed by atoms with Gasteiger partial charge in [0.2, 0.25) is 0 Å². The van der Waals surface area contributed by atoms with E-state index in [1.165, 1.54) is 4.88 Å². The topological polar surface area (TPSA) is 74.2 Å². The average molecular weight is 299 g/mol. The number of urea groups is 1. The van der Waals surface area contributed by atoms with Gasteiger partial charge in [-0.3, -0.25) is 0 Å². The van der Waals surface area contributed by atoms with Crippen molar-refractivity contribution in [2.45, 2.75) is 46.6 Å².